The minimum atomic E-state index is -3.36. The Hall–Kier alpha value is -1.44. The summed E-state index contributed by atoms with van der Waals surface area (Å²) in [4.78, 5) is 4.46. The van der Waals surface area contributed by atoms with Gasteiger partial charge < -0.3 is 9.72 Å². The topological polar surface area (TPSA) is 89.5 Å². The largest absolute Gasteiger partial charge is 0.311 e. The van der Waals surface area contributed by atoms with E-state index in [9.17, 15) is 8.42 Å². The predicted molar refractivity (Wildman–Crippen MR) is 74.2 cm³/mol. The molecule has 3 N–H and O–H groups in total. The minimum absolute atomic E-state index is 0.00609. The first-order valence-corrected chi connectivity index (χ1v) is 7.83. The first-order valence-electron chi connectivity index (χ1n) is 6.11. The van der Waals surface area contributed by atoms with E-state index >= 15 is 0 Å². The Morgan fingerprint density at radius 2 is 2.21 bits per heavy atom. The van der Waals surface area contributed by atoms with Crippen LogP contribution in [0.2, 0.25) is 0 Å². The van der Waals surface area contributed by atoms with Crippen molar-refractivity contribution >= 4 is 15.7 Å². The molecule has 0 saturated carbocycles. The van der Waals surface area contributed by atoms with Crippen LogP contribution < -0.4 is 10.5 Å². The molecule has 0 aliphatic carbocycles. The number of nitrogens with one attached hydrogen (secondary N) is 1. The maximum Gasteiger partial charge on any atom is 0.209 e. The Balaban J connectivity index is 1.93. The van der Waals surface area contributed by atoms with Crippen molar-refractivity contribution in [2.75, 3.05) is 12.3 Å². The van der Waals surface area contributed by atoms with E-state index in [1.807, 2.05) is 35.7 Å². The SMILES string of the molecule is Cc1nc2ccccn2c1CNCCCS(N)(=O)=O. The number of primary sulfonamides is 1. The third-order valence-electron chi connectivity index (χ3n) is 2.90. The van der Waals surface area contributed by atoms with Crippen molar-refractivity contribution in [3.8, 4) is 0 Å². The average molecular weight is 282 g/mol. The molecule has 2 aromatic rings. The fourth-order valence-electron chi connectivity index (χ4n) is 1.98. The van der Waals surface area contributed by atoms with Crippen LogP contribution >= 0.6 is 0 Å². The van der Waals surface area contributed by atoms with Gasteiger partial charge in [-0.15, -0.1) is 0 Å². The van der Waals surface area contributed by atoms with Gasteiger partial charge >= 0.3 is 0 Å². The molecule has 2 aromatic heterocycles. The van der Waals surface area contributed by atoms with Crippen molar-refractivity contribution in [1.29, 1.82) is 0 Å². The number of imidazole rings is 1. The summed E-state index contributed by atoms with van der Waals surface area (Å²) in [6, 6.07) is 5.86. The molecular formula is C12H18N4O2S. The van der Waals surface area contributed by atoms with E-state index < -0.39 is 10.0 Å². The molecular weight excluding hydrogens is 264 g/mol. The summed E-state index contributed by atoms with van der Waals surface area (Å²) in [5, 5.41) is 8.15. The van der Waals surface area contributed by atoms with Crippen LogP contribution in [0.3, 0.4) is 0 Å². The number of aromatic nitrogens is 2. The Morgan fingerprint density at radius 1 is 1.42 bits per heavy atom. The normalized spacial score (nSPS) is 12.1. The van der Waals surface area contributed by atoms with Crippen molar-refractivity contribution in [2.45, 2.75) is 19.9 Å². The molecule has 2 heterocycles. The molecule has 19 heavy (non-hydrogen) atoms. The van der Waals surface area contributed by atoms with Gasteiger partial charge in [0.05, 0.1) is 17.1 Å². The maximum atomic E-state index is 10.8. The fourth-order valence-corrected chi connectivity index (χ4v) is 2.53. The molecule has 0 saturated heterocycles. The number of fused-ring (bicyclic) bond motifs is 1. The first-order chi connectivity index (χ1) is 8.97. The fraction of sp³-hybridized carbons (Fsp3) is 0.417. The van der Waals surface area contributed by atoms with Crippen molar-refractivity contribution < 1.29 is 8.42 Å². The van der Waals surface area contributed by atoms with Crippen molar-refractivity contribution in [3.63, 3.8) is 0 Å². The zero-order chi connectivity index (χ0) is 13.9. The van der Waals surface area contributed by atoms with Gasteiger partial charge in [0.1, 0.15) is 5.65 Å². The molecule has 0 amide bonds. The van der Waals surface area contributed by atoms with Crippen LogP contribution in [0, 0.1) is 6.92 Å². The molecule has 7 heteroatoms. The highest BCUT2D eigenvalue weighted by Gasteiger charge is 2.07. The summed E-state index contributed by atoms with van der Waals surface area (Å²) >= 11 is 0. The van der Waals surface area contributed by atoms with Crippen LogP contribution in [-0.4, -0.2) is 30.1 Å². The molecule has 104 valence electrons. The van der Waals surface area contributed by atoms with Gasteiger partial charge in [-0.2, -0.15) is 0 Å². The number of aryl methyl sites for hydroxylation is 1. The number of rotatable bonds is 6. The molecule has 0 spiro atoms. The van der Waals surface area contributed by atoms with Gasteiger partial charge in [0.15, 0.2) is 0 Å². The minimum Gasteiger partial charge on any atom is -0.311 e. The second-order valence-corrected chi connectivity index (χ2v) is 6.20. The second kappa shape index (κ2) is 5.68. The highest BCUT2D eigenvalue weighted by atomic mass is 32.2. The monoisotopic (exact) mass is 282 g/mol. The lowest BCUT2D eigenvalue weighted by molar-refractivity contribution is 0.589. The standard InChI is InChI=1S/C12H18N4O2S/c1-10-11(9-14-6-4-8-19(13,17)18)16-7-3-2-5-12(16)15-10/h2-3,5,7,14H,4,6,8-9H2,1H3,(H2,13,17,18). The number of sulfonamides is 1. The summed E-state index contributed by atoms with van der Waals surface area (Å²) in [5.41, 5.74) is 2.98. The number of nitrogens with two attached hydrogens (primary N) is 1. The molecule has 0 unspecified atom stereocenters. The number of hydrogen-bond donors (Lipinski definition) is 2. The Bertz CT molecular complexity index is 663. The number of hydrogen-bond acceptors (Lipinski definition) is 4. The number of pyridine rings is 1. The maximum absolute atomic E-state index is 10.8. The highest BCUT2D eigenvalue weighted by Crippen LogP contribution is 2.11. The first kappa shape index (κ1) is 14.0. The Kier molecular flexibility index (Phi) is 4.18. The van der Waals surface area contributed by atoms with Gasteiger partial charge in [-0.05, 0) is 32.0 Å². The van der Waals surface area contributed by atoms with Gasteiger partial charge in [0.25, 0.3) is 0 Å². The van der Waals surface area contributed by atoms with Crippen molar-refractivity contribution in [2.24, 2.45) is 5.14 Å². The van der Waals surface area contributed by atoms with Crippen LogP contribution in [0.25, 0.3) is 5.65 Å². The average Bonchev–Trinajstić information content (AvgIpc) is 2.64. The van der Waals surface area contributed by atoms with E-state index in [2.05, 4.69) is 10.3 Å². The van der Waals surface area contributed by atoms with Crippen molar-refractivity contribution in [3.05, 3.63) is 35.8 Å². The lowest BCUT2D eigenvalue weighted by atomic mass is 10.3. The van der Waals surface area contributed by atoms with Crippen LogP contribution in [0.4, 0.5) is 0 Å². The van der Waals surface area contributed by atoms with Gasteiger partial charge in [-0.1, -0.05) is 6.07 Å². The summed E-state index contributed by atoms with van der Waals surface area (Å²) < 4.78 is 23.6. The molecule has 0 atom stereocenters. The molecule has 2 rings (SSSR count). The molecule has 0 fully saturated rings. The van der Waals surface area contributed by atoms with Gasteiger partial charge in [0, 0.05) is 12.7 Å². The number of nitrogens with zero attached hydrogens (tertiary/aromatic N) is 2. The van der Waals surface area contributed by atoms with E-state index in [4.69, 9.17) is 5.14 Å². The Morgan fingerprint density at radius 3 is 2.95 bits per heavy atom. The van der Waals surface area contributed by atoms with Gasteiger partial charge in [0.2, 0.25) is 10.0 Å². The molecule has 0 aromatic carbocycles. The van der Waals surface area contributed by atoms with Crippen molar-refractivity contribution in [1.82, 2.24) is 14.7 Å². The summed E-state index contributed by atoms with van der Waals surface area (Å²) in [6.07, 6.45) is 2.48. The van der Waals surface area contributed by atoms with Gasteiger partial charge in [-0.25, -0.2) is 18.5 Å². The smallest absolute Gasteiger partial charge is 0.209 e. The quantitative estimate of drug-likeness (QED) is 0.751. The summed E-state index contributed by atoms with van der Waals surface area (Å²) in [7, 11) is -3.36. The Labute approximate surface area is 112 Å². The van der Waals surface area contributed by atoms with E-state index in [-0.39, 0.29) is 5.75 Å². The van der Waals surface area contributed by atoms with E-state index in [0.29, 0.717) is 19.5 Å². The molecule has 6 nitrogen and oxygen atoms in total. The third-order valence-corrected chi connectivity index (χ3v) is 3.76. The van der Waals surface area contributed by atoms with Crippen LogP contribution in [0.5, 0.6) is 0 Å². The van der Waals surface area contributed by atoms with Crippen LogP contribution in [-0.2, 0) is 16.6 Å². The molecule has 0 aliphatic heterocycles. The second-order valence-electron chi connectivity index (χ2n) is 4.47. The predicted octanol–water partition coefficient (Wildman–Crippen LogP) is 0.411. The molecule has 0 aliphatic rings. The van der Waals surface area contributed by atoms with E-state index in [0.717, 1.165) is 17.0 Å². The highest BCUT2D eigenvalue weighted by molar-refractivity contribution is 7.89. The molecule has 0 radical (unpaired) electrons. The molecule has 0 bridgehead atoms. The summed E-state index contributed by atoms with van der Waals surface area (Å²) in [5.74, 6) is 0.00609. The van der Waals surface area contributed by atoms with E-state index in [1.54, 1.807) is 0 Å². The van der Waals surface area contributed by atoms with Crippen LogP contribution in [0.15, 0.2) is 24.4 Å². The zero-order valence-corrected chi connectivity index (χ0v) is 11.7. The van der Waals surface area contributed by atoms with E-state index in [1.165, 1.54) is 0 Å². The summed E-state index contributed by atoms with van der Waals surface area (Å²) in [6.45, 7) is 3.23. The lowest BCUT2D eigenvalue weighted by Gasteiger charge is -2.05. The van der Waals surface area contributed by atoms with Crippen LogP contribution in [0.1, 0.15) is 17.8 Å². The zero-order valence-electron chi connectivity index (χ0n) is 10.8. The lowest BCUT2D eigenvalue weighted by Crippen LogP contribution is -2.22. The van der Waals surface area contributed by atoms with Gasteiger partial charge in [-0.3, -0.25) is 0 Å². The third kappa shape index (κ3) is 3.76.